The number of ether oxygens (including phenoxy) is 2. The number of methoxy groups -OCH3 is 2. The molecule has 8 heteroatoms. The van der Waals surface area contributed by atoms with Crippen molar-refractivity contribution in [2.75, 3.05) is 41.4 Å². The van der Waals surface area contributed by atoms with Gasteiger partial charge >= 0.3 is 0 Å². The molecule has 1 aliphatic heterocycles. The largest absolute Gasteiger partial charge is 0.507 e. The number of para-hydroxylation sites is 1. The third-order valence-corrected chi connectivity index (χ3v) is 5.39. The minimum absolute atomic E-state index is 0.00121. The molecule has 1 saturated heterocycles. The maximum atomic E-state index is 14.0. The third kappa shape index (κ3) is 4.45. The smallest absolute Gasteiger partial charge is 0.295 e. The molecular weight excluding hydrogens is 415 g/mol. The van der Waals surface area contributed by atoms with E-state index >= 15 is 0 Å². The van der Waals surface area contributed by atoms with Crippen LogP contribution in [0.2, 0.25) is 0 Å². The van der Waals surface area contributed by atoms with E-state index < -0.39 is 29.3 Å². The first-order chi connectivity index (χ1) is 15.3. The quantitative estimate of drug-likeness (QED) is 0.384. The summed E-state index contributed by atoms with van der Waals surface area (Å²) in [7, 11) is 6.71. The van der Waals surface area contributed by atoms with Crippen LogP contribution in [0, 0.1) is 5.82 Å². The molecule has 1 fully saturated rings. The number of carbonyl (C=O) groups is 2. The second kappa shape index (κ2) is 9.82. The summed E-state index contributed by atoms with van der Waals surface area (Å²) in [4.78, 5) is 29.5. The van der Waals surface area contributed by atoms with Crippen LogP contribution in [0.5, 0.6) is 11.5 Å². The van der Waals surface area contributed by atoms with Crippen molar-refractivity contribution in [3.05, 3.63) is 65.0 Å². The highest BCUT2D eigenvalue weighted by Crippen LogP contribution is 2.43. The first-order valence-corrected chi connectivity index (χ1v) is 10.2. The number of carbonyl (C=O) groups excluding carboxylic acids is 2. The number of nitrogens with zero attached hydrogens (tertiary/aromatic N) is 2. The summed E-state index contributed by atoms with van der Waals surface area (Å²) in [5.74, 6) is -2.02. The lowest BCUT2D eigenvalue weighted by molar-refractivity contribution is -0.140. The van der Waals surface area contributed by atoms with Gasteiger partial charge in [-0.25, -0.2) is 4.39 Å². The molecule has 1 heterocycles. The number of Topliss-reactive ketones (excluding diaryl/α,β-unsaturated/α-hetero) is 1. The molecule has 1 aliphatic rings. The van der Waals surface area contributed by atoms with Gasteiger partial charge in [0.05, 0.1) is 31.4 Å². The SMILES string of the molecule is COc1ccc(F)cc1C(O)=C1C(=O)C(=O)N(CCCN(C)C)[C@H]1c1ccccc1OC. The van der Waals surface area contributed by atoms with Crippen molar-refractivity contribution in [3.8, 4) is 11.5 Å². The number of likely N-dealkylation sites (tertiary alicyclic amines) is 1. The number of hydrogen-bond acceptors (Lipinski definition) is 6. The zero-order valence-electron chi connectivity index (χ0n) is 18.6. The number of benzene rings is 2. The predicted molar refractivity (Wildman–Crippen MR) is 118 cm³/mol. The van der Waals surface area contributed by atoms with Gasteiger partial charge in [-0.05, 0) is 51.3 Å². The van der Waals surface area contributed by atoms with E-state index in [0.29, 0.717) is 30.8 Å². The molecule has 7 nitrogen and oxygen atoms in total. The zero-order chi connectivity index (χ0) is 23.4. The molecule has 1 atom stereocenters. The molecule has 0 bridgehead atoms. The van der Waals surface area contributed by atoms with E-state index in [9.17, 15) is 19.1 Å². The van der Waals surface area contributed by atoms with Gasteiger partial charge in [0.1, 0.15) is 23.1 Å². The van der Waals surface area contributed by atoms with Gasteiger partial charge in [0, 0.05) is 12.1 Å². The minimum atomic E-state index is -0.888. The Labute approximate surface area is 186 Å². The Hall–Kier alpha value is -3.39. The number of amides is 1. The van der Waals surface area contributed by atoms with E-state index in [1.165, 1.54) is 31.3 Å². The predicted octanol–water partition coefficient (Wildman–Crippen LogP) is 3.22. The molecule has 1 N–H and O–H groups in total. The molecule has 2 aromatic rings. The van der Waals surface area contributed by atoms with Crippen molar-refractivity contribution in [1.82, 2.24) is 9.80 Å². The molecule has 0 aromatic heterocycles. The maximum absolute atomic E-state index is 14.0. The van der Waals surface area contributed by atoms with Gasteiger partial charge in [0.15, 0.2) is 0 Å². The van der Waals surface area contributed by atoms with Gasteiger partial charge in [-0.15, -0.1) is 0 Å². The van der Waals surface area contributed by atoms with Crippen LogP contribution in [0.4, 0.5) is 4.39 Å². The summed E-state index contributed by atoms with van der Waals surface area (Å²) in [6, 6.07) is 9.73. The molecule has 170 valence electrons. The molecule has 32 heavy (non-hydrogen) atoms. The fourth-order valence-electron chi connectivity index (χ4n) is 3.89. The average Bonchev–Trinajstić information content (AvgIpc) is 3.03. The van der Waals surface area contributed by atoms with Crippen LogP contribution in [-0.4, -0.2) is 68.0 Å². The van der Waals surface area contributed by atoms with Crippen molar-refractivity contribution in [1.29, 1.82) is 0 Å². The lowest BCUT2D eigenvalue weighted by atomic mass is 9.94. The van der Waals surface area contributed by atoms with E-state index in [2.05, 4.69) is 0 Å². The molecule has 0 radical (unpaired) electrons. The fraction of sp³-hybridized carbons (Fsp3) is 0.333. The molecule has 2 aromatic carbocycles. The van der Waals surface area contributed by atoms with Crippen LogP contribution in [-0.2, 0) is 9.59 Å². The van der Waals surface area contributed by atoms with E-state index in [1.54, 1.807) is 24.3 Å². The number of hydrogen-bond donors (Lipinski definition) is 1. The van der Waals surface area contributed by atoms with Crippen molar-refractivity contribution < 1.29 is 28.6 Å². The second-order valence-corrected chi connectivity index (χ2v) is 7.74. The van der Waals surface area contributed by atoms with Gasteiger partial charge in [-0.2, -0.15) is 0 Å². The molecule has 1 amide bonds. The summed E-state index contributed by atoms with van der Waals surface area (Å²) >= 11 is 0. The topological polar surface area (TPSA) is 79.3 Å². The van der Waals surface area contributed by atoms with Gasteiger partial charge in [-0.3, -0.25) is 9.59 Å². The van der Waals surface area contributed by atoms with Crippen molar-refractivity contribution in [2.24, 2.45) is 0 Å². The highest BCUT2D eigenvalue weighted by molar-refractivity contribution is 6.46. The number of aliphatic hydroxyl groups is 1. The van der Waals surface area contributed by atoms with Crippen molar-refractivity contribution in [2.45, 2.75) is 12.5 Å². The second-order valence-electron chi connectivity index (χ2n) is 7.74. The zero-order valence-corrected chi connectivity index (χ0v) is 18.6. The van der Waals surface area contributed by atoms with Gasteiger partial charge in [0.2, 0.25) is 0 Å². The van der Waals surface area contributed by atoms with Crippen LogP contribution in [0.25, 0.3) is 5.76 Å². The highest BCUT2D eigenvalue weighted by Gasteiger charge is 2.47. The Morgan fingerprint density at radius 1 is 1.09 bits per heavy atom. The van der Waals surface area contributed by atoms with Gasteiger partial charge < -0.3 is 24.4 Å². The Balaban J connectivity index is 2.20. The van der Waals surface area contributed by atoms with Crippen molar-refractivity contribution >= 4 is 17.4 Å². The highest BCUT2D eigenvalue weighted by atomic mass is 19.1. The third-order valence-electron chi connectivity index (χ3n) is 5.39. The fourth-order valence-corrected chi connectivity index (χ4v) is 3.89. The normalized spacial score (nSPS) is 17.8. The first kappa shape index (κ1) is 23.3. The molecule has 0 saturated carbocycles. The Morgan fingerprint density at radius 3 is 2.44 bits per heavy atom. The molecule has 0 aliphatic carbocycles. The van der Waals surface area contributed by atoms with Crippen LogP contribution in [0.3, 0.4) is 0 Å². The number of aliphatic hydroxyl groups excluding tert-OH is 1. The van der Waals surface area contributed by atoms with E-state index in [0.717, 1.165) is 6.07 Å². The van der Waals surface area contributed by atoms with Crippen LogP contribution >= 0.6 is 0 Å². The number of ketones is 1. The average molecular weight is 442 g/mol. The standard InChI is InChI=1S/C24H27FN2O5/c1-26(2)12-7-13-27-21(16-8-5-6-9-18(16)31-3)20(23(29)24(27)30)22(28)17-14-15(25)10-11-19(17)32-4/h5-6,8-11,14,21,28H,7,12-13H2,1-4H3/t21-/m0/s1. The van der Waals surface area contributed by atoms with E-state index in [1.807, 2.05) is 19.0 Å². The van der Waals surface area contributed by atoms with Crippen molar-refractivity contribution in [3.63, 3.8) is 0 Å². The lowest BCUT2D eigenvalue weighted by Crippen LogP contribution is -2.32. The molecule has 0 spiro atoms. The van der Waals surface area contributed by atoms with Crippen LogP contribution in [0.15, 0.2) is 48.0 Å². The van der Waals surface area contributed by atoms with Crippen LogP contribution in [0.1, 0.15) is 23.6 Å². The summed E-state index contributed by atoms with van der Waals surface area (Å²) in [6.45, 7) is 1.00. The Bertz CT molecular complexity index is 1050. The van der Waals surface area contributed by atoms with Crippen LogP contribution < -0.4 is 9.47 Å². The van der Waals surface area contributed by atoms with E-state index in [4.69, 9.17) is 9.47 Å². The Morgan fingerprint density at radius 2 is 1.78 bits per heavy atom. The first-order valence-electron chi connectivity index (χ1n) is 10.2. The monoisotopic (exact) mass is 442 g/mol. The number of rotatable bonds is 8. The summed E-state index contributed by atoms with van der Waals surface area (Å²) in [5, 5.41) is 11.2. The molecule has 0 unspecified atom stereocenters. The molecular formula is C24H27FN2O5. The van der Waals surface area contributed by atoms with Gasteiger partial charge in [0.25, 0.3) is 11.7 Å². The minimum Gasteiger partial charge on any atom is -0.507 e. The number of halogens is 1. The van der Waals surface area contributed by atoms with E-state index in [-0.39, 0.29) is 16.9 Å². The Kier molecular flexibility index (Phi) is 7.15. The summed E-state index contributed by atoms with van der Waals surface area (Å²) in [6.07, 6.45) is 0.620. The van der Waals surface area contributed by atoms with Gasteiger partial charge in [-0.1, -0.05) is 18.2 Å². The lowest BCUT2D eigenvalue weighted by Gasteiger charge is -2.27. The summed E-state index contributed by atoms with van der Waals surface area (Å²) < 4.78 is 24.7. The summed E-state index contributed by atoms with van der Waals surface area (Å²) in [5.41, 5.74) is 0.419. The molecule has 3 rings (SSSR count). The maximum Gasteiger partial charge on any atom is 0.295 e.